The highest BCUT2D eigenvalue weighted by Crippen LogP contribution is 2.70. The van der Waals surface area contributed by atoms with Crippen LogP contribution in [0.4, 0.5) is 0 Å². The first-order valence-electron chi connectivity index (χ1n) is 9.58. The lowest BCUT2D eigenvalue weighted by atomic mass is 9.70. The molecular formula is C21H28OS2. The number of thioether (sulfide) groups is 2. The molecule has 0 radical (unpaired) electrons. The molecule has 5 aliphatic rings. The lowest BCUT2D eigenvalue weighted by Crippen LogP contribution is -2.39. The van der Waals surface area contributed by atoms with Crippen LogP contribution in [0.25, 0.3) is 0 Å². The molecule has 5 rings (SSSR count). The van der Waals surface area contributed by atoms with Crippen LogP contribution in [0.5, 0.6) is 0 Å². The zero-order valence-electron chi connectivity index (χ0n) is 15.0. The van der Waals surface area contributed by atoms with E-state index in [-0.39, 0.29) is 0 Å². The van der Waals surface area contributed by atoms with Gasteiger partial charge in [0.25, 0.3) is 0 Å². The van der Waals surface area contributed by atoms with E-state index in [9.17, 15) is 4.79 Å². The van der Waals surface area contributed by atoms with Crippen molar-refractivity contribution >= 4 is 29.3 Å². The number of ketones is 1. The average molecular weight is 361 g/mol. The van der Waals surface area contributed by atoms with Gasteiger partial charge in [0.2, 0.25) is 0 Å². The first kappa shape index (κ1) is 16.1. The van der Waals surface area contributed by atoms with Crippen LogP contribution in [0.15, 0.2) is 23.1 Å². The lowest BCUT2D eigenvalue weighted by molar-refractivity contribution is -0.119. The van der Waals surface area contributed by atoms with E-state index in [1.54, 1.807) is 0 Å². The van der Waals surface area contributed by atoms with Gasteiger partial charge in [-0.15, -0.1) is 11.8 Å². The van der Waals surface area contributed by atoms with Crippen molar-refractivity contribution in [2.75, 3.05) is 12.0 Å². The van der Waals surface area contributed by atoms with Gasteiger partial charge in [-0.1, -0.05) is 32.1 Å². The largest absolute Gasteiger partial charge is 0.293 e. The summed E-state index contributed by atoms with van der Waals surface area (Å²) in [5.41, 5.74) is 0.865. The summed E-state index contributed by atoms with van der Waals surface area (Å²) in [5.74, 6) is 4.62. The van der Waals surface area contributed by atoms with Crippen LogP contribution in [0.2, 0.25) is 0 Å². The molecule has 0 heterocycles. The fourth-order valence-corrected chi connectivity index (χ4v) is 10.1. The van der Waals surface area contributed by atoms with Gasteiger partial charge in [0.15, 0.2) is 5.78 Å². The molecule has 24 heavy (non-hydrogen) atoms. The first-order valence-corrected chi connectivity index (χ1v) is 11.9. The number of carbonyl (C=O) groups excluding carboxylic acids is 1. The lowest BCUT2D eigenvalue weighted by Gasteiger charge is -2.42. The van der Waals surface area contributed by atoms with Gasteiger partial charge < -0.3 is 0 Å². The summed E-state index contributed by atoms with van der Waals surface area (Å²) in [6.45, 7) is 5.01. The average Bonchev–Trinajstić information content (AvgIpc) is 3.29. The third-order valence-electron chi connectivity index (χ3n) is 8.44. The molecule has 4 unspecified atom stereocenters. The van der Waals surface area contributed by atoms with E-state index < -0.39 is 0 Å². The molecule has 0 amide bonds. The molecular weight excluding hydrogens is 332 g/mol. The number of allylic oxidation sites excluding steroid dienone is 4. The van der Waals surface area contributed by atoms with E-state index in [1.165, 1.54) is 31.4 Å². The topological polar surface area (TPSA) is 17.1 Å². The monoisotopic (exact) mass is 360 g/mol. The standard InChI is InChI=1S/C21H28OS2/c1-20(2)14-6-7-21(20,11-23-3)17(9-14)24-16-10-15-12-4-5-13(8-12)18(15)19(16)22/h4-5,10,12-15,17-18H,6-9,11H2,1-3H3/t12?,13?,14-,15?,17-,18?,21-/m1/s1. The highest BCUT2D eigenvalue weighted by molar-refractivity contribution is 8.04. The minimum Gasteiger partial charge on any atom is -0.293 e. The Morgan fingerprint density at radius 2 is 2.00 bits per heavy atom. The predicted octanol–water partition coefficient (Wildman–Crippen LogP) is 5.18. The summed E-state index contributed by atoms with van der Waals surface area (Å²) < 4.78 is 0. The molecule has 3 saturated carbocycles. The molecule has 7 atom stereocenters. The maximum absolute atomic E-state index is 13.1. The van der Waals surface area contributed by atoms with Crippen molar-refractivity contribution in [3.63, 3.8) is 0 Å². The summed E-state index contributed by atoms with van der Waals surface area (Å²) >= 11 is 4.00. The third kappa shape index (κ3) is 1.84. The van der Waals surface area contributed by atoms with Gasteiger partial charge in [-0.25, -0.2) is 0 Å². The number of hydrogen-bond donors (Lipinski definition) is 0. The smallest absolute Gasteiger partial charge is 0.173 e. The highest BCUT2D eigenvalue weighted by atomic mass is 32.2. The third-order valence-corrected chi connectivity index (χ3v) is 10.8. The fourth-order valence-electron chi connectivity index (χ4n) is 6.89. The zero-order valence-corrected chi connectivity index (χ0v) is 16.6. The normalized spacial score (nSPS) is 50.0. The summed E-state index contributed by atoms with van der Waals surface area (Å²) in [6, 6.07) is 0. The summed E-state index contributed by atoms with van der Waals surface area (Å²) in [4.78, 5) is 14.2. The van der Waals surface area contributed by atoms with Gasteiger partial charge >= 0.3 is 0 Å². The molecule has 3 fully saturated rings. The van der Waals surface area contributed by atoms with E-state index in [4.69, 9.17) is 0 Å². The molecule has 1 nitrogen and oxygen atoms in total. The maximum atomic E-state index is 13.1. The summed E-state index contributed by atoms with van der Waals surface area (Å²) in [7, 11) is 0. The Bertz CT molecular complexity index is 648. The van der Waals surface area contributed by atoms with Gasteiger partial charge in [0.1, 0.15) is 0 Å². The van der Waals surface area contributed by atoms with Crippen LogP contribution < -0.4 is 0 Å². The van der Waals surface area contributed by atoms with Crippen molar-refractivity contribution in [2.45, 2.75) is 44.8 Å². The highest BCUT2D eigenvalue weighted by Gasteiger charge is 2.64. The van der Waals surface area contributed by atoms with Crippen LogP contribution >= 0.6 is 23.5 Å². The Morgan fingerprint density at radius 3 is 2.71 bits per heavy atom. The quantitative estimate of drug-likeness (QED) is 0.643. The Balaban J connectivity index is 1.41. The molecule has 0 aromatic heterocycles. The molecule has 3 heteroatoms. The summed E-state index contributed by atoms with van der Waals surface area (Å²) in [6.07, 6.45) is 14.7. The second-order valence-corrected chi connectivity index (χ2v) is 11.4. The first-order chi connectivity index (χ1) is 11.5. The Kier molecular flexibility index (Phi) is 3.47. The van der Waals surface area contributed by atoms with Crippen LogP contribution in [0.3, 0.4) is 0 Å². The molecule has 0 aromatic carbocycles. The van der Waals surface area contributed by atoms with E-state index in [2.05, 4.69) is 38.3 Å². The van der Waals surface area contributed by atoms with Crippen molar-refractivity contribution in [3.05, 3.63) is 23.1 Å². The van der Waals surface area contributed by atoms with Crippen LogP contribution in [0, 0.1) is 40.4 Å². The molecule has 0 aromatic rings. The van der Waals surface area contributed by atoms with E-state index in [0.29, 0.717) is 45.5 Å². The van der Waals surface area contributed by atoms with Crippen molar-refractivity contribution in [1.29, 1.82) is 0 Å². The zero-order chi connectivity index (χ0) is 16.7. The molecule has 0 N–H and O–H groups in total. The SMILES string of the molecule is CSC[C@]12CC[C@H](C[C@H]1SC1=CC3C4C=CC(C4)C3C1=O)C2(C)C. The molecule has 4 bridgehead atoms. The molecule has 0 saturated heterocycles. The number of rotatable bonds is 4. The van der Waals surface area contributed by atoms with Gasteiger partial charge in [-0.05, 0) is 66.4 Å². The van der Waals surface area contributed by atoms with E-state index >= 15 is 0 Å². The van der Waals surface area contributed by atoms with Gasteiger partial charge in [-0.2, -0.15) is 11.8 Å². The number of carbonyl (C=O) groups is 1. The fraction of sp³-hybridized carbons (Fsp3) is 0.762. The van der Waals surface area contributed by atoms with Crippen molar-refractivity contribution in [3.8, 4) is 0 Å². The van der Waals surface area contributed by atoms with Crippen LogP contribution in [-0.4, -0.2) is 23.0 Å². The number of hydrogen-bond acceptors (Lipinski definition) is 3. The molecule has 0 aliphatic heterocycles. The summed E-state index contributed by atoms with van der Waals surface area (Å²) in [5, 5.41) is 0.651. The number of fused-ring (bicyclic) bond motifs is 7. The van der Waals surface area contributed by atoms with Gasteiger partial charge in [0, 0.05) is 21.8 Å². The van der Waals surface area contributed by atoms with Crippen LogP contribution in [0.1, 0.15) is 39.5 Å². The van der Waals surface area contributed by atoms with Crippen molar-refractivity contribution in [2.24, 2.45) is 40.4 Å². The maximum Gasteiger partial charge on any atom is 0.173 e. The van der Waals surface area contributed by atoms with E-state index in [1.807, 2.05) is 23.5 Å². The van der Waals surface area contributed by atoms with Crippen molar-refractivity contribution < 1.29 is 4.79 Å². The van der Waals surface area contributed by atoms with Gasteiger partial charge in [-0.3, -0.25) is 4.79 Å². The molecule has 130 valence electrons. The molecule has 5 aliphatic carbocycles. The van der Waals surface area contributed by atoms with Crippen LogP contribution in [-0.2, 0) is 4.79 Å². The second-order valence-electron chi connectivity index (χ2n) is 9.34. The minimum atomic E-state index is 0.297. The predicted molar refractivity (Wildman–Crippen MR) is 104 cm³/mol. The Hall–Kier alpha value is -0.150. The van der Waals surface area contributed by atoms with Gasteiger partial charge in [0.05, 0.1) is 0 Å². The minimum absolute atomic E-state index is 0.297. The number of Topliss-reactive ketones (excluding diaryl/α,β-unsaturated/α-hetero) is 1. The van der Waals surface area contributed by atoms with Crippen molar-refractivity contribution in [1.82, 2.24) is 0 Å². The Labute approximate surface area is 154 Å². The Morgan fingerprint density at radius 1 is 1.21 bits per heavy atom. The van der Waals surface area contributed by atoms with E-state index in [0.717, 1.165) is 10.8 Å². The second kappa shape index (κ2) is 5.19. The molecule has 0 spiro atoms.